The fourth-order valence-electron chi connectivity index (χ4n) is 6.88. The lowest BCUT2D eigenvalue weighted by Crippen LogP contribution is -2.51. The first-order valence-electron chi connectivity index (χ1n) is 16.1. The maximum Gasteiger partial charge on any atom is 0.315 e. The number of aromatic nitrogens is 1. The van der Waals surface area contributed by atoms with Gasteiger partial charge in [0.25, 0.3) is 0 Å². The molecule has 1 unspecified atom stereocenters. The van der Waals surface area contributed by atoms with Gasteiger partial charge in [0.2, 0.25) is 0 Å². The molecule has 43 heavy (non-hydrogen) atoms. The molecule has 1 atom stereocenters. The lowest BCUT2D eigenvalue weighted by molar-refractivity contribution is -0.158. The zero-order chi connectivity index (χ0) is 30.3. The molecule has 226 valence electrons. The van der Waals surface area contributed by atoms with Gasteiger partial charge in [-0.3, -0.25) is 10.1 Å². The number of nitrogens with one attached hydrogen (secondary N) is 1. The first kappa shape index (κ1) is 30.8. The van der Waals surface area contributed by atoms with E-state index >= 15 is 0 Å². The van der Waals surface area contributed by atoms with Crippen molar-refractivity contribution < 1.29 is 9.53 Å². The van der Waals surface area contributed by atoms with E-state index in [1.807, 2.05) is 20.8 Å². The summed E-state index contributed by atoms with van der Waals surface area (Å²) in [7, 11) is 0. The van der Waals surface area contributed by atoms with Crippen molar-refractivity contribution in [3.63, 3.8) is 0 Å². The molecule has 1 saturated carbocycles. The normalized spacial score (nSPS) is 18.2. The number of benzene rings is 3. The topological polar surface area (TPSA) is 43.3 Å². The van der Waals surface area contributed by atoms with Crippen LogP contribution in [-0.4, -0.2) is 22.2 Å². The van der Waals surface area contributed by atoms with Crippen LogP contribution in [0.1, 0.15) is 94.5 Å². The smallest absolute Gasteiger partial charge is 0.315 e. The second kappa shape index (κ2) is 13.8. The number of ether oxygens (including phenoxy) is 1. The van der Waals surface area contributed by atoms with Gasteiger partial charge in [-0.15, -0.1) is 0 Å². The Labute approximate surface area is 258 Å². The maximum absolute atomic E-state index is 13.8. The number of hydrogen-bond donors (Lipinski definition) is 1. The summed E-state index contributed by atoms with van der Waals surface area (Å²) in [5.41, 5.74) is 3.79. The van der Waals surface area contributed by atoms with Crippen LogP contribution in [-0.2, 0) is 21.6 Å². The van der Waals surface area contributed by atoms with E-state index in [4.69, 9.17) is 4.74 Å². The molecular weight excluding hydrogens is 528 g/mol. The highest BCUT2D eigenvalue weighted by atomic mass is 16.6. The number of nitrogens with zero attached hydrogens (tertiary/aromatic N) is 1. The van der Waals surface area contributed by atoms with Gasteiger partial charge in [0.05, 0.1) is 11.5 Å². The van der Waals surface area contributed by atoms with E-state index < -0.39 is 11.1 Å². The van der Waals surface area contributed by atoms with E-state index in [0.29, 0.717) is 6.04 Å². The second-order valence-corrected chi connectivity index (χ2v) is 13.1. The third-order valence-corrected chi connectivity index (χ3v) is 8.88. The minimum Gasteiger partial charge on any atom is -0.459 e. The van der Waals surface area contributed by atoms with Gasteiger partial charge in [0.15, 0.2) is 0 Å². The van der Waals surface area contributed by atoms with Crippen molar-refractivity contribution in [3.8, 4) is 0 Å². The number of hydrogen-bond acceptors (Lipinski definition) is 3. The molecule has 0 spiro atoms. The largest absolute Gasteiger partial charge is 0.459 e. The number of carbonyl (C=O) groups excluding carboxylic acids is 1. The number of unbranched alkanes of at least 4 members (excludes halogenated alkanes) is 1. The van der Waals surface area contributed by atoms with E-state index in [2.05, 4.69) is 126 Å². The average Bonchev–Trinajstić information content (AvgIpc) is 3.48. The van der Waals surface area contributed by atoms with Crippen molar-refractivity contribution in [1.29, 1.82) is 0 Å². The number of aryl methyl sites for hydroxylation is 1. The molecule has 1 fully saturated rings. The number of rotatable bonds is 11. The number of carbonyl (C=O) groups is 1. The first-order chi connectivity index (χ1) is 20.8. The molecule has 4 heteroatoms. The van der Waals surface area contributed by atoms with Crippen molar-refractivity contribution in [2.75, 3.05) is 0 Å². The van der Waals surface area contributed by atoms with Gasteiger partial charge >= 0.3 is 5.97 Å². The molecule has 4 aromatic rings. The molecular formula is C39H48N2O2. The molecule has 5 rings (SSSR count). The van der Waals surface area contributed by atoms with Gasteiger partial charge in [-0.2, -0.15) is 0 Å². The van der Waals surface area contributed by atoms with Crippen LogP contribution in [0.25, 0.3) is 0 Å². The van der Waals surface area contributed by atoms with Gasteiger partial charge in [0, 0.05) is 24.5 Å². The van der Waals surface area contributed by atoms with Crippen molar-refractivity contribution in [2.45, 2.75) is 95.9 Å². The Bertz CT molecular complexity index is 1320. The molecule has 0 aliphatic heterocycles. The monoisotopic (exact) mass is 576 g/mol. The van der Waals surface area contributed by atoms with Crippen molar-refractivity contribution in [2.24, 2.45) is 5.92 Å². The molecule has 1 aliphatic carbocycles. The van der Waals surface area contributed by atoms with Gasteiger partial charge < -0.3 is 9.30 Å². The van der Waals surface area contributed by atoms with Gasteiger partial charge in [0.1, 0.15) is 5.60 Å². The van der Waals surface area contributed by atoms with Crippen LogP contribution in [0, 0.1) is 5.92 Å². The molecule has 0 saturated heterocycles. The van der Waals surface area contributed by atoms with E-state index in [-0.39, 0.29) is 17.8 Å². The molecule has 4 nitrogen and oxygen atoms in total. The Hall–Kier alpha value is -3.63. The van der Waals surface area contributed by atoms with Crippen LogP contribution in [0.5, 0.6) is 0 Å². The third kappa shape index (κ3) is 7.13. The highest BCUT2D eigenvalue weighted by molar-refractivity contribution is 5.78. The van der Waals surface area contributed by atoms with Crippen molar-refractivity contribution in [3.05, 3.63) is 132 Å². The van der Waals surface area contributed by atoms with Crippen LogP contribution in [0.2, 0.25) is 0 Å². The molecule has 1 aliphatic rings. The zero-order valence-corrected chi connectivity index (χ0v) is 26.3. The van der Waals surface area contributed by atoms with Gasteiger partial charge in [-0.05, 0) is 87.6 Å². The molecule has 0 radical (unpaired) electrons. The van der Waals surface area contributed by atoms with E-state index in [1.54, 1.807) is 0 Å². The molecule has 1 aromatic heterocycles. The summed E-state index contributed by atoms with van der Waals surface area (Å²) in [4.78, 5) is 13.8. The number of esters is 1. The molecule has 1 N–H and O–H groups in total. The Morgan fingerprint density at radius 2 is 1.30 bits per heavy atom. The summed E-state index contributed by atoms with van der Waals surface area (Å²) in [6.45, 7) is 9.05. The van der Waals surface area contributed by atoms with Crippen LogP contribution in [0.3, 0.4) is 0 Å². The summed E-state index contributed by atoms with van der Waals surface area (Å²) in [5, 5.41) is 4.20. The average molecular weight is 577 g/mol. The van der Waals surface area contributed by atoms with Crippen molar-refractivity contribution >= 4 is 5.97 Å². The molecule has 1 heterocycles. The molecule has 3 aromatic carbocycles. The van der Waals surface area contributed by atoms with E-state index in [9.17, 15) is 4.79 Å². The van der Waals surface area contributed by atoms with Crippen LogP contribution in [0.4, 0.5) is 0 Å². The summed E-state index contributed by atoms with van der Waals surface area (Å²) >= 11 is 0. The highest BCUT2D eigenvalue weighted by Crippen LogP contribution is 2.42. The minimum atomic E-state index is -0.518. The van der Waals surface area contributed by atoms with Gasteiger partial charge in [-0.1, -0.05) is 104 Å². The molecule has 0 amide bonds. The molecule has 0 bridgehead atoms. The fraction of sp³-hybridized carbons (Fsp3) is 0.410. The third-order valence-electron chi connectivity index (χ3n) is 8.88. The standard InChI is InChI=1S/C39H48N2O2/c1-5-6-28-41-29-16-23-35(41)36(37(42)43-38(2,3)4)30-24-26-34(27-25-30)40-39(31-17-10-7-11-18-31,32-19-12-8-13-20-32)33-21-14-9-15-22-33/h7-23,29-30,34,36,40H,5-6,24-28H2,1-4H3. The lowest BCUT2D eigenvalue weighted by atomic mass is 9.73. The van der Waals surface area contributed by atoms with Crippen molar-refractivity contribution in [1.82, 2.24) is 9.88 Å². The predicted octanol–water partition coefficient (Wildman–Crippen LogP) is 8.85. The Balaban J connectivity index is 1.44. The zero-order valence-electron chi connectivity index (χ0n) is 26.3. The first-order valence-corrected chi connectivity index (χ1v) is 16.1. The van der Waals surface area contributed by atoms with Gasteiger partial charge in [-0.25, -0.2) is 0 Å². The Morgan fingerprint density at radius 3 is 1.77 bits per heavy atom. The second-order valence-electron chi connectivity index (χ2n) is 13.1. The maximum atomic E-state index is 13.8. The fourth-order valence-corrected chi connectivity index (χ4v) is 6.88. The van der Waals surface area contributed by atoms with Crippen LogP contribution in [0.15, 0.2) is 109 Å². The quantitative estimate of drug-likeness (QED) is 0.143. The van der Waals surface area contributed by atoms with Crippen LogP contribution < -0.4 is 5.32 Å². The summed E-state index contributed by atoms with van der Waals surface area (Å²) < 4.78 is 8.33. The minimum absolute atomic E-state index is 0.0902. The Kier molecular flexibility index (Phi) is 9.87. The SMILES string of the molecule is CCCCn1cccc1C(C(=O)OC(C)(C)C)C1CCC(NC(c2ccccc2)(c2ccccc2)c2ccccc2)CC1. The summed E-state index contributed by atoms with van der Waals surface area (Å²) in [6.07, 6.45) is 8.27. The summed E-state index contributed by atoms with van der Waals surface area (Å²) in [5.74, 6) is -0.107. The van der Waals surface area contributed by atoms with E-state index in [1.165, 1.54) is 16.7 Å². The lowest BCUT2D eigenvalue weighted by Gasteiger charge is -2.43. The predicted molar refractivity (Wildman–Crippen MR) is 176 cm³/mol. The summed E-state index contributed by atoms with van der Waals surface area (Å²) in [6, 6.07) is 37.0. The van der Waals surface area contributed by atoms with E-state index in [0.717, 1.165) is 50.8 Å². The highest BCUT2D eigenvalue weighted by Gasteiger charge is 2.41. The Morgan fingerprint density at radius 1 is 0.791 bits per heavy atom. The van der Waals surface area contributed by atoms with Crippen LogP contribution >= 0.6 is 0 Å².